The zero-order valence-corrected chi connectivity index (χ0v) is 7.90. The SMILES string of the molecule is Oc1ccc(C(F)C(F)(F)C(F)(F)F)cc1F. The van der Waals surface area contributed by atoms with Crippen LogP contribution in [0.25, 0.3) is 0 Å². The van der Waals surface area contributed by atoms with E-state index in [-0.39, 0.29) is 6.07 Å². The molecule has 1 rings (SSSR count). The van der Waals surface area contributed by atoms with E-state index < -0.39 is 35.4 Å². The lowest BCUT2D eigenvalue weighted by Gasteiger charge is -2.23. The number of aromatic hydroxyl groups is 1. The van der Waals surface area contributed by atoms with E-state index in [1.54, 1.807) is 0 Å². The number of rotatable bonds is 2. The summed E-state index contributed by atoms with van der Waals surface area (Å²) in [4.78, 5) is 0. The zero-order valence-electron chi connectivity index (χ0n) is 7.90. The van der Waals surface area contributed by atoms with Gasteiger partial charge in [0.05, 0.1) is 0 Å². The van der Waals surface area contributed by atoms with Crippen LogP contribution in [0.2, 0.25) is 0 Å². The smallest absolute Gasteiger partial charge is 0.456 e. The molecule has 0 aliphatic heterocycles. The first kappa shape index (κ1) is 13.6. The highest BCUT2D eigenvalue weighted by atomic mass is 19.4. The second-order valence-corrected chi connectivity index (χ2v) is 3.19. The van der Waals surface area contributed by atoms with Crippen LogP contribution in [0.3, 0.4) is 0 Å². The van der Waals surface area contributed by atoms with Crippen LogP contribution in [0.5, 0.6) is 5.75 Å². The van der Waals surface area contributed by atoms with Crippen molar-refractivity contribution in [1.29, 1.82) is 0 Å². The molecule has 0 spiro atoms. The molecule has 1 unspecified atom stereocenters. The molecule has 1 atom stereocenters. The van der Waals surface area contributed by atoms with Gasteiger partial charge in [-0.15, -0.1) is 0 Å². The minimum absolute atomic E-state index is 0.0830. The number of alkyl halides is 6. The lowest BCUT2D eigenvalue weighted by molar-refractivity contribution is -0.305. The van der Waals surface area contributed by atoms with Crippen molar-refractivity contribution in [1.82, 2.24) is 0 Å². The van der Waals surface area contributed by atoms with Gasteiger partial charge in [-0.05, 0) is 17.7 Å². The zero-order chi connectivity index (χ0) is 13.4. The van der Waals surface area contributed by atoms with Gasteiger partial charge in [0, 0.05) is 0 Å². The molecule has 1 aromatic rings. The van der Waals surface area contributed by atoms with E-state index in [2.05, 4.69) is 0 Å². The van der Waals surface area contributed by atoms with E-state index in [4.69, 9.17) is 5.11 Å². The maximum atomic E-state index is 13.0. The summed E-state index contributed by atoms with van der Waals surface area (Å²) in [7, 11) is 0. The summed E-state index contributed by atoms with van der Waals surface area (Å²) in [6.07, 6.45) is -9.82. The molecule has 0 aromatic heterocycles. The van der Waals surface area contributed by atoms with E-state index in [1.807, 2.05) is 0 Å². The first-order valence-electron chi connectivity index (χ1n) is 4.14. The molecule has 96 valence electrons. The predicted molar refractivity (Wildman–Crippen MR) is 42.9 cm³/mol. The molecule has 0 saturated heterocycles. The molecular formula is C9H5F7O. The minimum atomic E-state index is -6.08. The third-order valence-corrected chi connectivity index (χ3v) is 1.96. The lowest BCUT2D eigenvalue weighted by atomic mass is 10.0. The molecular weight excluding hydrogens is 257 g/mol. The molecule has 17 heavy (non-hydrogen) atoms. The predicted octanol–water partition coefficient (Wildman–Crippen LogP) is 3.74. The van der Waals surface area contributed by atoms with Gasteiger partial charge in [-0.25, -0.2) is 8.78 Å². The topological polar surface area (TPSA) is 20.2 Å². The molecule has 0 aliphatic carbocycles. The molecule has 0 heterocycles. The summed E-state index contributed by atoms with van der Waals surface area (Å²) in [5, 5.41) is 8.68. The average Bonchev–Trinajstić information content (AvgIpc) is 2.19. The van der Waals surface area contributed by atoms with Crippen molar-refractivity contribution in [3.63, 3.8) is 0 Å². The Kier molecular flexibility index (Phi) is 3.26. The average molecular weight is 262 g/mol. The van der Waals surface area contributed by atoms with Crippen molar-refractivity contribution < 1.29 is 35.8 Å². The second kappa shape index (κ2) is 4.08. The summed E-state index contributed by atoms with van der Waals surface area (Å²) in [5.41, 5.74) is -1.21. The van der Waals surface area contributed by atoms with Crippen LogP contribution in [-0.4, -0.2) is 17.2 Å². The number of halogens is 7. The van der Waals surface area contributed by atoms with E-state index in [1.165, 1.54) is 0 Å². The van der Waals surface area contributed by atoms with Crippen LogP contribution in [0.4, 0.5) is 30.7 Å². The first-order valence-corrected chi connectivity index (χ1v) is 4.14. The maximum absolute atomic E-state index is 13.0. The minimum Gasteiger partial charge on any atom is -0.505 e. The standard InChI is InChI=1S/C9H5F7O/c10-5-3-4(1-2-6(5)17)7(11)8(12,13)9(14,15)16/h1-3,7,17H. The fourth-order valence-corrected chi connectivity index (χ4v) is 1.03. The third-order valence-electron chi connectivity index (χ3n) is 1.96. The van der Waals surface area contributed by atoms with Crippen molar-refractivity contribution in [2.45, 2.75) is 18.3 Å². The fraction of sp³-hybridized carbons (Fsp3) is 0.333. The summed E-state index contributed by atoms with van der Waals surface area (Å²) in [6.45, 7) is 0. The molecule has 0 amide bonds. The van der Waals surface area contributed by atoms with E-state index in [9.17, 15) is 30.7 Å². The molecule has 0 saturated carbocycles. The largest absolute Gasteiger partial charge is 0.505 e. The van der Waals surface area contributed by atoms with Crippen LogP contribution < -0.4 is 0 Å². The summed E-state index contributed by atoms with van der Waals surface area (Å²) in [6, 6.07) is 1.02. The molecule has 1 N–H and O–H groups in total. The number of phenols is 1. The third kappa shape index (κ3) is 2.45. The molecule has 1 nitrogen and oxygen atoms in total. The monoisotopic (exact) mass is 262 g/mol. The Morgan fingerprint density at radius 2 is 1.59 bits per heavy atom. The van der Waals surface area contributed by atoms with Gasteiger partial charge in [-0.2, -0.15) is 22.0 Å². The first-order chi connectivity index (χ1) is 7.57. The second-order valence-electron chi connectivity index (χ2n) is 3.19. The molecule has 0 bridgehead atoms. The Morgan fingerprint density at radius 3 is 2.00 bits per heavy atom. The lowest BCUT2D eigenvalue weighted by Crippen LogP contribution is -2.40. The summed E-state index contributed by atoms with van der Waals surface area (Å²) >= 11 is 0. The molecule has 0 radical (unpaired) electrons. The number of hydrogen-bond acceptors (Lipinski definition) is 1. The van der Waals surface area contributed by atoms with Crippen LogP contribution >= 0.6 is 0 Å². The molecule has 0 aliphatic rings. The van der Waals surface area contributed by atoms with Gasteiger partial charge in [0.15, 0.2) is 17.7 Å². The van der Waals surface area contributed by atoms with Crippen LogP contribution in [-0.2, 0) is 0 Å². The Morgan fingerprint density at radius 1 is 1.06 bits per heavy atom. The van der Waals surface area contributed by atoms with Gasteiger partial charge < -0.3 is 5.11 Å². The number of phenolic OH excluding ortho intramolecular Hbond substituents is 1. The Balaban J connectivity index is 3.12. The molecule has 8 heteroatoms. The normalized spacial score (nSPS) is 14.8. The van der Waals surface area contributed by atoms with Crippen molar-refractivity contribution in [2.75, 3.05) is 0 Å². The van der Waals surface area contributed by atoms with Gasteiger partial charge >= 0.3 is 12.1 Å². The van der Waals surface area contributed by atoms with Gasteiger partial charge in [0.25, 0.3) is 0 Å². The van der Waals surface area contributed by atoms with Crippen molar-refractivity contribution in [2.24, 2.45) is 0 Å². The fourth-order valence-electron chi connectivity index (χ4n) is 1.03. The maximum Gasteiger partial charge on any atom is 0.456 e. The summed E-state index contributed by atoms with van der Waals surface area (Å²) < 4.78 is 86.2. The molecule has 0 fully saturated rings. The quantitative estimate of drug-likeness (QED) is 0.805. The van der Waals surface area contributed by atoms with Crippen molar-refractivity contribution in [3.05, 3.63) is 29.6 Å². The highest BCUT2D eigenvalue weighted by molar-refractivity contribution is 5.30. The van der Waals surface area contributed by atoms with Gasteiger partial charge in [0.2, 0.25) is 0 Å². The number of hydrogen-bond donors (Lipinski definition) is 1. The van der Waals surface area contributed by atoms with E-state index in [0.717, 1.165) is 0 Å². The Bertz CT molecular complexity index is 412. The summed E-state index contributed by atoms with van der Waals surface area (Å²) in [5.74, 6) is -8.09. The Hall–Kier alpha value is -1.47. The van der Waals surface area contributed by atoms with E-state index in [0.29, 0.717) is 12.1 Å². The van der Waals surface area contributed by atoms with Crippen LogP contribution in [0.1, 0.15) is 11.7 Å². The van der Waals surface area contributed by atoms with Crippen LogP contribution in [0.15, 0.2) is 18.2 Å². The van der Waals surface area contributed by atoms with Gasteiger partial charge in [0.1, 0.15) is 0 Å². The Labute approximate surface area is 90.5 Å². The molecule has 1 aromatic carbocycles. The highest BCUT2D eigenvalue weighted by Gasteiger charge is 2.63. The van der Waals surface area contributed by atoms with Crippen LogP contribution in [0, 0.1) is 5.82 Å². The number of benzene rings is 1. The van der Waals surface area contributed by atoms with Gasteiger partial charge in [-0.1, -0.05) is 6.07 Å². The van der Waals surface area contributed by atoms with Crippen molar-refractivity contribution in [3.8, 4) is 5.75 Å². The van der Waals surface area contributed by atoms with E-state index >= 15 is 0 Å². The highest BCUT2D eigenvalue weighted by Crippen LogP contribution is 2.46. The van der Waals surface area contributed by atoms with Gasteiger partial charge in [-0.3, -0.25) is 0 Å². The van der Waals surface area contributed by atoms with Crippen molar-refractivity contribution >= 4 is 0 Å².